The van der Waals surface area contributed by atoms with E-state index in [2.05, 4.69) is 15.0 Å². The zero-order valence-corrected chi connectivity index (χ0v) is 13.7. The summed E-state index contributed by atoms with van der Waals surface area (Å²) in [6.45, 7) is 0.221. The molecule has 0 radical (unpaired) electrons. The van der Waals surface area contributed by atoms with Crippen LogP contribution in [0.1, 0.15) is 31.9 Å². The number of aromatic nitrogens is 4. The fraction of sp³-hybridized carbons (Fsp3) is 0.688. The Bertz CT molecular complexity index is 732. The van der Waals surface area contributed by atoms with Crippen molar-refractivity contribution in [1.82, 2.24) is 19.5 Å². The molecule has 25 heavy (non-hydrogen) atoms. The Hall–Kier alpha value is -1.81. The van der Waals surface area contributed by atoms with Crippen LogP contribution in [0.3, 0.4) is 0 Å². The largest absolute Gasteiger partial charge is 0.476 e. The summed E-state index contributed by atoms with van der Waals surface area (Å²) < 4.78 is 12.9. The molecule has 4 atom stereocenters. The van der Waals surface area contributed by atoms with Gasteiger partial charge in [-0.25, -0.2) is 9.97 Å². The molecule has 2 aromatic rings. The third-order valence-corrected chi connectivity index (χ3v) is 5.05. The number of hydrogen-bond donors (Lipinski definition) is 3. The van der Waals surface area contributed by atoms with Crippen LogP contribution in [0.25, 0.3) is 11.2 Å². The molecule has 1 aliphatic carbocycles. The van der Waals surface area contributed by atoms with E-state index in [9.17, 15) is 15.3 Å². The van der Waals surface area contributed by atoms with Crippen molar-refractivity contribution in [2.45, 2.75) is 50.2 Å². The minimum Gasteiger partial charge on any atom is -0.476 e. The topological polar surface area (TPSA) is 123 Å². The van der Waals surface area contributed by atoms with E-state index < -0.39 is 24.5 Å². The minimum absolute atomic E-state index is 0.383. The van der Waals surface area contributed by atoms with E-state index in [0.717, 1.165) is 0 Å². The number of ether oxygens (including phenoxy) is 2. The molecule has 136 valence electrons. The first-order valence-electron chi connectivity index (χ1n) is 8.62. The van der Waals surface area contributed by atoms with Crippen molar-refractivity contribution in [1.29, 1.82) is 0 Å². The van der Waals surface area contributed by atoms with Gasteiger partial charge in [0.15, 0.2) is 17.4 Å². The number of aliphatic hydroxyl groups excluding tert-OH is 3. The van der Waals surface area contributed by atoms with Crippen molar-refractivity contribution in [3.63, 3.8) is 0 Å². The summed E-state index contributed by atoms with van der Waals surface area (Å²) in [5.74, 6) is 0.954. The molecule has 0 unspecified atom stereocenters. The van der Waals surface area contributed by atoms with Crippen molar-refractivity contribution in [2.75, 3.05) is 13.2 Å². The van der Waals surface area contributed by atoms with Crippen LogP contribution in [0, 0.1) is 5.92 Å². The number of hydrogen-bond acceptors (Lipinski definition) is 8. The molecule has 3 heterocycles. The normalized spacial score (nSPS) is 30.4. The molecule has 2 aliphatic rings. The summed E-state index contributed by atoms with van der Waals surface area (Å²) in [7, 11) is 0. The maximum absolute atomic E-state index is 10.2. The van der Waals surface area contributed by atoms with Gasteiger partial charge in [0.25, 0.3) is 0 Å². The van der Waals surface area contributed by atoms with Gasteiger partial charge in [0, 0.05) is 0 Å². The van der Waals surface area contributed by atoms with Gasteiger partial charge in [-0.3, -0.25) is 4.57 Å². The smallest absolute Gasteiger partial charge is 0.245 e. The van der Waals surface area contributed by atoms with Gasteiger partial charge in [0.2, 0.25) is 5.88 Å². The number of aliphatic hydroxyl groups is 3. The van der Waals surface area contributed by atoms with Crippen LogP contribution in [-0.2, 0) is 4.74 Å². The highest BCUT2D eigenvalue weighted by molar-refractivity contribution is 5.76. The van der Waals surface area contributed by atoms with Crippen molar-refractivity contribution in [3.8, 4) is 5.88 Å². The molecule has 3 N–H and O–H groups in total. The predicted octanol–water partition coefficient (Wildman–Crippen LogP) is 0.00680. The SMILES string of the molecule is OC[C@H]1O[C@@H](n2cnc3c(OCC4CCCC4)ncnc32)[C@H](O)[C@@H]1O. The van der Waals surface area contributed by atoms with E-state index in [4.69, 9.17) is 9.47 Å². The standard InChI is InChI=1S/C16H22N4O5/c21-5-10-12(22)13(23)16(25-10)20-8-19-11-14(20)17-7-18-15(11)24-6-9-3-1-2-4-9/h7-10,12-13,16,21-23H,1-6H2/t10-,12-,13-,16-/m1/s1. The highest BCUT2D eigenvalue weighted by Crippen LogP contribution is 2.33. The maximum atomic E-state index is 10.2. The molecule has 2 aromatic heterocycles. The van der Waals surface area contributed by atoms with Gasteiger partial charge < -0.3 is 24.8 Å². The molecule has 9 nitrogen and oxygen atoms in total. The van der Waals surface area contributed by atoms with Crippen LogP contribution in [-0.4, -0.2) is 66.4 Å². The number of fused-ring (bicyclic) bond motifs is 1. The highest BCUT2D eigenvalue weighted by atomic mass is 16.6. The number of rotatable bonds is 5. The fourth-order valence-corrected chi connectivity index (χ4v) is 3.61. The lowest BCUT2D eigenvalue weighted by molar-refractivity contribution is -0.0511. The molecule has 4 rings (SSSR count). The van der Waals surface area contributed by atoms with Crippen LogP contribution >= 0.6 is 0 Å². The molecular weight excluding hydrogens is 328 g/mol. The van der Waals surface area contributed by atoms with Crippen LogP contribution in [0.15, 0.2) is 12.7 Å². The molecular formula is C16H22N4O5. The minimum atomic E-state index is -1.19. The van der Waals surface area contributed by atoms with E-state index in [1.54, 1.807) is 0 Å². The summed E-state index contributed by atoms with van der Waals surface area (Å²) >= 11 is 0. The van der Waals surface area contributed by atoms with Crippen molar-refractivity contribution in [3.05, 3.63) is 12.7 Å². The Kier molecular flexibility index (Phi) is 4.55. The van der Waals surface area contributed by atoms with Gasteiger partial charge >= 0.3 is 0 Å². The Balaban J connectivity index is 1.58. The summed E-state index contributed by atoms with van der Waals surface area (Å²) in [4.78, 5) is 12.7. The predicted molar refractivity (Wildman–Crippen MR) is 85.8 cm³/mol. The molecule has 0 spiro atoms. The van der Waals surface area contributed by atoms with E-state index >= 15 is 0 Å². The molecule has 0 aromatic carbocycles. The van der Waals surface area contributed by atoms with Gasteiger partial charge in [-0.1, -0.05) is 12.8 Å². The van der Waals surface area contributed by atoms with E-state index in [1.165, 1.54) is 42.9 Å². The van der Waals surface area contributed by atoms with Crippen molar-refractivity contribution < 1.29 is 24.8 Å². The summed E-state index contributed by atoms with van der Waals surface area (Å²) in [5.41, 5.74) is 0.935. The zero-order valence-electron chi connectivity index (χ0n) is 13.7. The molecule has 1 saturated carbocycles. The van der Waals surface area contributed by atoms with E-state index in [0.29, 0.717) is 29.6 Å². The van der Waals surface area contributed by atoms with Crippen molar-refractivity contribution >= 4 is 11.2 Å². The third-order valence-electron chi connectivity index (χ3n) is 5.05. The molecule has 1 aliphatic heterocycles. The van der Waals surface area contributed by atoms with E-state index in [-0.39, 0.29) is 6.61 Å². The average Bonchev–Trinajstić information content (AvgIpc) is 3.34. The first-order valence-corrected chi connectivity index (χ1v) is 8.62. The maximum Gasteiger partial charge on any atom is 0.245 e. The van der Waals surface area contributed by atoms with Gasteiger partial charge in [-0.05, 0) is 18.8 Å². The summed E-state index contributed by atoms with van der Waals surface area (Å²) in [5, 5.41) is 29.4. The van der Waals surface area contributed by atoms with Gasteiger partial charge in [-0.2, -0.15) is 4.98 Å². The summed E-state index contributed by atoms with van der Waals surface area (Å²) in [6, 6.07) is 0. The fourth-order valence-electron chi connectivity index (χ4n) is 3.61. The van der Waals surface area contributed by atoms with Crippen LogP contribution in [0.4, 0.5) is 0 Å². The Morgan fingerprint density at radius 2 is 1.96 bits per heavy atom. The van der Waals surface area contributed by atoms with Crippen LogP contribution in [0.2, 0.25) is 0 Å². The Morgan fingerprint density at radius 3 is 2.68 bits per heavy atom. The lowest BCUT2D eigenvalue weighted by Gasteiger charge is -2.16. The monoisotopic (exact) mass is 350 g/mol. The van der Waals surface area contributed by atoms with Crippen molar-refractivity contribution in [2.24, 2.45) is 5.92 Å². The van der Waals surface area contributed by atoms with Crippen LogP contribution in [0.5, 0.6) is 5.88 Å². The van der Waals surface area contributed by atoms with Gasteiger partial charge in [0.05, 0.1) is 19.5 Å². The molecule has 0 bridgehead atoms. The lowest BCUT2D eigenvalue weighted by atomic mass is 10.1. The molecule has 2 fully saturated rings. The second-order valence-electron chi connectivity index (χ2n) is 6.69. The van der Waals surface area contributed by atoms with E-state index in [1.807, 2.05) is 0 Å². The van der Waals surface area contributed by atoms with Gasteiger partial charge in [0.1, 0.15) is 24.6 Å². The molecule has 9 heteroatoms. The zero-order chi connectivity index (χ0) is 17.4. The van der Waals surface area contributed by atoms with Gasteiger partial charge in [-0.15, -0.1) is 0 Å². The Morgan fingerprint density at radius 1 is 1.16 bits per heavy atom. The highest BCUT2D eigenvalue weighted by Gasteiger charge is 2.44. The van der Waals surface area contributed by atoms with Crippen LogP contribution < -0.4 is 4.74 Å². The third kappa shape index (κ3) is 2.97. The molecule has 0 amide bonds. The second-order valence-corrected chi connectivity index (χ2v) is 6.69. The lowest BCUT2D eigenvalue weighted by Crippen LogP contribution is -2.33. The first kappa shape index (κ1) is 16.6. The number of imidazole rings is 1. The number of nitrogens with zero attached hydrogens (tertiary/aromatic N) is 4. The first-order chi connectivity index (χ1) is 12.2. The molecule has 1 saturated heterocycles. The quantitative estimate of drug-likeness (QED) is 0.689. The Labute approximate surface area is 144 Å². The average molecular weight is 350 g/mol. The summed E-state index contributed by atoms with van der Waals surface area (Å²) in [6.07, 6.45) is 3.59. The second kappa shape index (κ2) is 6.83.